The van der Waals surface area contributed by atoms with Gasteiger partial charge in [0.05, 0.1) is 17.7 Å². The Labute approximate surface area is 106 Å². The van der Waals surface area contributed by atoms with E-state index in [1.165, 1.54) is 0 Å². The third-order valence-electron chi connectivity index (χ3n) is 3.59. The Kier molecular flexibility index (Phi) is 3.11. The minimum absolute atomic E-state index is 0.108. The highest BCUT2D eigenvalue weighted by Gasteiger charge is 2.23. The molecule has 0 bridgehead atoms. The van der Waals surface area contributed by atoms with Crippen LogP contribution in [-0.2, 0) is 0 Å². The Morgan fingerprint density at radius 3 is 2.83 bits per heavy atom. The van der Waals surface area contributed by atoms with Crippen LogP contribution in [0.2, 0.25) is 0 Å². The van der Waals surface area contributed by atoms with Gasteiger partial charge in [-0.1, -0.05) is 25.0 Å². The highest BCUT2D eigenvalue weighted by molar-refractivity contribution is 5.88. The van der Waals surface area contributed by atoms with Gasteiger partial charge < -0.3 is 10.4 Å². The summed E-state index contributed by atoms with van der Waals surface area (Å²) in [4.78, 5) is 8.54. The summed E-state index contributed by atoms with van der Waals surface area (Å²) < 4.78 is 0. The van der Waals surface area contributed by atoms with Crippen molar-refractivity contribution in [3.8, 4) is 0 Å². The van der Waals surface area contributed by atoms with Crippen molar-refractivity contribution in [2.24, 2.45) is 0 Å². The van der Waals surface area contributed by atoms with E-state index in [1.807, 2.05) is 24.3 Å². The van der Waals surface area contributed by atoms with Crippen molar-refractivity contribution in [2.75, 3.05) is 5.32 Å². The quantitative estimate of drug-likeness (QED) is 0.850. The minimum atomic E-state index is -0.271. The van der Waals surface area contributed by atoms with Gasteiger partial charge in [0.1, 0.15) is 12.1 Å². The molecule has 1 aliphatic carbocycles. The molecule has 1 heterocycles. The van der Waals surface area contributed by atoms with Crippen LogP contribution in [0.3, 0.4) is 0 Å². The van der Waals surface area contributed by atoms with Gasteiger partial charge in [-0.3, -0.25) is 0 Å². The highest BCUT2D eigenvalue weighted by Crippen LogP contribution is 2.24. The Bertz CT molecular complexity index is 538. The number of anilines is 1. The normalized spacial score (nSPS) is 24.1. The van der Waals surface area contributed by atoms with E-state index in [9.17, 15) is 5.11 Å². The smallest absolute Gasteiger partial charge is 0.137 e. The summed E-state index contributed by atoms with van der Waals surface area (Å²) in [6, 6.07) is 8.03. The Balaban J connectivity index is 1.90. The third kappa shape index (κ3) is 2.16. The molecule has 3 rings (SSSR count). The lowest BCUT2D eigenvalue weighted by Crippen LogP contribution is -2.36. The molecule has 1 aliphatic rings. The molecular weight excluding hydrogens is 226 g/mol. The van der Waals surface area contributed by atoms with Crippen molar-refractivity contribution in [3.05, 3.63) is 30.6 Å². The van der Waals surface area contributed by atoms with E-state index in [0.717, 1.165) is 42.4 Å². The van der Waals surface area contributed by atoms with Crippen LogP contribution in [0.4, 0.5) is 5.82 Å². The first-order valence-corrected chi connectivity index (χ1v) is 6.49. The molecule has 0 saturated heterocycles. The van der Waals surface area contributed by atoms with Gasteiger partial charge in [0, 0.05) is 5.39 Å². The molecule has 2 aromatic rings. The van der Waals surface area contributed by atoms with Crippen molar-refractivity contribution in [3.63, 3.8) is 0 Å². The molecule has 0 amide bonds. The van der Waals surface area contributed by atoms with Crippen molar-refractivity contribution >= 4 is 16.7 Å². The summed E-state index contributed by atoms with van der Waals surface area (Å²) in [6.07, 6.45) is 5.45. The monoisotopic (exact) mass is 243 g/mol. The van der Waals surface area contributed by atoms with Gasteiger partial charge in [0.15, 0.2) is 0 Å². The number of para-hydroxylation sites is 1. The summed E-state index contributed by atoms with van der Waals surface area (Å²) in [5, 5.41) is 14.4. The number of nitrogens with zero attached hydrogens (tertiary/aromatic N) is 2. The second-order valence-corrected chi connectivity index (χ2v) is 4.84. The molecule has 2 N–H and O–H groups in total. The predicted molar refractivity (Wildman–Crippen MR) is 71.4 cm³/mol. The average molecular weight is 243 g/mol. The van der Waals surface area contributed by atoms with Crippen molar-refractivity contribution in [1.82, 2.24) is 9.97 Å². The van der Waals surface area contributed by atoms with Gasteiger partial charge in [0.2, 0.25) is 0 Å². The molecule has 1 saturated carbocycles. The fourth-order valence-electron chi connectivity index (χ4n) is 2.58. The largest absolute Gasteiger partial charge is 0.391 e. The maximum atomic E-state index is 10.00. The van der Waals surface area contributed by atoms with Crippen LogP contribution in [0.25, 0.3) is 10.9 Å². The van der Waals surface area contributed by atoms with Crippen LogP contribution in [-0.4, -0.2) is 27.2 Å². The van der Waals surface area contributed by atoms with Crippen molar-refractivity contribution < 1.29 is 5.11 Å². The summed E-state index contributed by atoms with van der Waals surface area (Å²) in [6.45, 7) is 0. The average Bonchev–Trinajstić information content (AvgIpc) is 2.42. The molecule has 18 heavy (non-hydrogen) atoms. The number of rotatable bonds is 2. The number of aliphatic hydroxyl groups is 1. The summed E-state index contributed by atoms with van der Waals surface area (Å²) in [5.41, 5.74) is 0.931. The van der Waals surface area contributed by atoms with Crippen LogP contribution >= 0.6 is 0 Å². The molecule has 1 aromatic carbocycles. The lowest BCUT2D eigenvalue weighted by atomic mass is 9.92. The molecule has 0 aliphatic heterocycles. The lowest BCUT2D eigenvalue weighted by molar-refractivity contribution is 0.116. The maximum absolute atomic E-state index is 10.00. The molecule has 94 valence electrons. The van der Waals surface area contributed by atoms with Gasteiger partial charge in [-0.2, -0.15) is 0 Å². The first-order valence-electron chi connectivity index (χ1n) is 6.49. The van der Waals surface area contributed by atoms with Gasteiger partial charge in [-0.05, 0) is 25.0 Å². The zero-order valence-electron chi connectivity index (χ0n) is 10.2. The Morgan fingerprint density at radius 2 is 1.94 bits per heavy atom. The SMILES string of the molecule is OC1CCCCC1Nc1ncnc2ccccc12. The fourth-order valence-corrected chi connectivity index (χ4v) is 2.58. The second kappa shape index (κ2) is 4.90. The Hall–Kier alpha value is -1.68. The first kappa shape index (κ1) is 11.4. The molecule has 1 aromatic heterocycles. The third-order valence-corrected chi connectivity index (χ3v) is 3.59. The fraction of sp³-hybridized carbons (Fsp3) is 0.429. The number of benzene rings is 1. The van der Waals surface area contributed by atoms with E-state index in [1.54, 1.807) is 6.33 Å². The molecule has 0 spiro atoms. The van der Waals surface area contributed by atoms with Crippen LogP contribution in [0.15, 0.2) is 30.6 Å². The summed E-state index contributed by atoms with van der Waals surface area (Å²) in [5.74, 6) is 0.826. The zero-order valence-corrected chi connectivity index (χ0v) is 10.2. The molecule has 4 nitrogen and oxygen atoms in total. The minimum Gasteiger partial charge on any atom is -0.391 e. The molecule has 2 unspecified atom stereocenters. The van der Waals surface area contributed by atoms with Crippen LogP contribution in [0, 0.1) is 0 Å². The molecule has 0 radical (unpaired) electrons. The first-order chi connectivity index (χ1) is 8.84. The summed E-state index contributed by atoms with van der Waals surface area (Å²) in [7, 11) is 0. The van der Waals surface area contributed by atoms with E-state index in [0.29, 0.717) is 0 Å². The van der Waals surface area contributed by atoms with Gasteiger partial charge in [-0.25, -0.2) is 9.97 Å². The van der Waals surface area contributed by atoms with E-state index in [2.05, 4.69) is 15.3 Å². The molecule has 4 heteroatoms. The van der Waals surface area contributed by atoms with Crippen LogP contribution < -0.4 is 5.32 Å². The number of fused-ring (bicyclic) bond motifs is 1. The van der Waals surface area contributed by atoms with Gasteiger partial charge >= 0.3 is 0 Å². The zero-order chi connectivity index (χ0) is 12.4. The second-order valence-electron chi connectivity index (χ2n) is 4.84. The molecule has 2 atom stereocenters. The topological polar surface area (TPSA) is 58.0 Å². The van der Waals surface area contributed by atoms with Crippen molar-refractivity contribution in [1.29, 1.82) is 0 Å². The number of hydrogen-bond acceptors (Lipinski definition) is 4. The van der Waals surface area contributed by atoms with E-state index < -0.39 is 0 Å². The standard InChI is InChI=1S/C14H17N3O/c18-13-8-4-3-7-12(13)17-14-10-5-1-2-6-11(10)15-9-16-14/h1-2,5-6,9,12-13,18H,3-4,7-8H2,(H,15,16,17). The van der Waals surface area contributed by atoms with E-state index >= 15 is 0 Å². The lowest BCUT2D eigenvalue weighted by Gasteiger charge is -2.29. The van der Waals surface area contributed by atoms with Gasteiger partial charge in [0.25, 0.3) is 0 Å². The predicted octanol–water partition coefficient (Wildman–Crippen LogP) is 2.35. The molecular formula is C14H17N3O. The van der Waals surface area contributed by atoms with Crippen molar-refractivity contribution in [2.45, 2.75) is 37.8 Å². The maximum Gasteiger partial charge on any atom is 0.137 e. The van der Waals surface area contributed by atoms with Crippen LogP contribution in [0.5, 0.6) is 0 Å². The van der Waals surface area contributed by atoms with Crippen LogP contribution in [0.1, 0.15) is 25.7 Å². The molecule has 1 fully saturated rings. The highest BCUT2D eigenvalue weighted by atomic mass is 16.3. The Morgan fingerprint density at radius 1 is 1.11 bits per heavy atom. The number of hydrogen-bond donors (Lipinski definition) is 2. The van der Waals surface area contributed by atoms with Gasteiger partial charge in [-0.15, -0.1) is 0 Å². The number of aliphatic hydroxyl groups excluding tert-OH is 1. The summed E-state index contributed by atoms with van der Waals surface area (Å²) >= 11 is 0. The van der Waals surface area contributed by atoms with E-state index in [-0.39, 0.29) is 12.1 Å². The van der Waals surface area contributed by atoms with E-state index in [4.69, 9.17) is 0 Å². The number of aromatic nitrogens is 2. The number of nitrogens with one attached hydrogen (secondary N) is 1.